The summed E-state index contributed by atoms with van der Waals surface area (Å²) in [5, 5.41) is 8.83. The van der Waals surface area contributed by atoms with Crippen LogP contribution < -0.4 is 0 Å². The van der Waals surface area contributed by atoms with E-state index in [1.54, 1.807) is 6.20 Å². The van der Waals surface area contributed by atoms with E-state index >= 15 is 0 Å². The maximum Gasteiger partial charge on any atom is 0.407 e. The van der Waals surface area contributed by atoms with Crippen LogP contribution in [0.15, 0.2) is 24.4 Å². The normalized spacial score (nSPS) is 17.1. The predicted octanol–water partition coefficient (Wildman–Crippen LogP) is 0.920. The molecule has 5 nitrogen and oxygen atoms in total. The fourth-order valence-corrected chi connectivity index (χ4v) is 1.98. The Kier molecular flexibility index (Phi) is 3.93. The van der Waals surface area contributed by atoms with Gasteiger partial charge in [-0.05, 0) is 12.1 Å². The van der Waals surface area contributed by atoms with Gasteiger partial charge >= 0.3 is 6.09 Å². The van der Waals surface area contributed by atoms with Gasteiger partial charge in [0.15, 0.2) is 0 Å². The van der Waals surface area contributed by atoms with Crippen molar-refractivity contribution in [3.05, 3.63) is 30.1 Å². The van der Waals surface area contributed by atoms with Crippen molar-refractivity contribution < 1.29 is 9.90 Å². The lowest BCUT2D eigenvalue weighted by molar-refractivity contribution is 0.106. The number of hydrogen-bond acceptors (Lipinski definition) is 3. The largest absolute Gasteiger partial charge is 0.465 e. The van der Waals surface area contributed by atoms with Crippen molar-refractivity contribution in [2.75, 3.05) is 32.7 Å². The first-order valence-electron chi connectivity index (χ1n) is 5.86. The van der Waals surface area contributed by atoms with E-state index in [9.17, 15) is 4.79 Å². The van der Waals surface area contributed by atoms with E-state index in [0.29, 0.717) is 13.1 Å². The quantitative estimate of drug-likeness (QED) is 0.846. The van der Waals surface area contributed by atoms with Crippen LogP contribution in [0.4, 0.5) is 4.79 Å². The summed E-state index contributed by atoms with van der Waals surface area (Å²) in [7, 11) is 0. The Balaban J connectivity index is 1.74. The molecule has 1 aliphatic rings. The van der Waals surface area contributed by atoms with Crippen molar-refractivity contribution in [3.8, 4) is 0 Å². The van der Waals surface area contributed by atoms with Gasteiger partial charge in [0, 0.05) is 51.0 Å². The van der Waals surface area contributed by atoms with Crippen molar-refractivity contribution >= 4 is 6.09 Å². The molecule has 0 spiro atoms. The first kappa shape index (κ1) is 11.9. The summed E-state index contributed by atoms with van der Waals surface area (Å²) < 4.78 is 0. The second-order valence-electron chi connectivity index (χ2n) is 4.18. The highest BCUT2D eigenvalue weighted by molar-refractivity contribution is 5.65. The third-order valence-electron chi connectivity index (χ3n) is 3.05. The molecule has 5 heteroatoms. The average molecular weight is 235 g/mol. The number of hydrogen-bond donors (Lipinski definition) is 1. The molecule has 2 heterocycles. The van der Waals surface area contributed by atoms with E-state index in [0.717, 1.165) is 31.7 Å². The average Bonchev–Trinajstić information content (AvgIpc) is 2.38. The molecule has 0 aliphatic carbocycles. The summed E-state index contributed by atoms with van der Waals surface area (Å²) in [6.45, 7) is 3.80. The van der Waals surface area contributed by atoms with Gasteiger partial charge < -0.3 is 10.0 Å². The molecule has 1 amide bonds. The lowest BCUT2D eigenvalue weighted by Crippen LogP contribution is -2.48. The summed E-state index contributed by atoms with van der Waals surface area (Å²) in [5.41, 5.74) is 1.09. The molecule has 0 atom stereocenters. The van der Waals surface area contributed by atoms with Gasteiger partial charge in [-0.1, -0.05) is 6.07 Å². The first-order valence-corrected chi connectivity index (χ1v) is 5.86. The molecular formula is C12H17N3O2. The molecule has 0 saturated carbocycles. The van der Waals surface area contributed by atoms with E-state index in [2.05, 4.69) is 9.88 Å². The maximum absolute atomic E-state index is 10.7. The molecule has 92 valence electrons. The Morgan fingerprint density at radius 1 is 1.29 bits per heavy atom. The maximum atomic E-state index is 10.7. The zero-order chi connectivity index (χ0) is 12.1. The van der Waals surface area contributed by atoms with Gasteiger partial charge in [-0.15, -0.1) is 0 Å². The van der Waals surface area contributed by atoms with Crippen molar-refractivity contribution in [1.82, 2.24) is 14.8 Å². The van der Waals surface area contributed by atoms with E-state index in [1.807, 2.05) is 18.2 Å². The minimum atomic E-state index is -0.811. The van der Waals surface area contributed by atoms with E-state index < -0.39 is 6.09 Å². The van der Waals surface area contributed by atoms with Gasteiger partial charge in [0.05, 0.1) is 0 Å². The van der Waals surface area contributed by atoms with Crippen LogP contribution in [0.3, 0.4) is 0 Å². The molecule has 1 fully saturated rings. The third-order valence-corrected chi connectivity index (χ3v) is 3.05. The number of carboxylic acid groups (broad SMARTS) is 1. The zero-order valence-electron chi connectivity index (χ0n) is 9.75. The topological polar surface area (TPSA) is 56.7 Å². The Morgan fingerprint density at radius 2 is 2.06 bits per heavy atom. The molecule has 1 saturated heterocycles. The van der Waals surface area contributed by atoms with E-state index in [1.165, 1.54) is 4.90 Å². The predicted molar refractivity (Wildman–Crippen MR) is 64.0 cm³/mol. The first-order chi connectivity index (χ1) is 8.25. The van der Waals surface area contributed by atoms with Crippen LogP contribution in [0.25, 0.3) is 0 Å². The Hall–Kier alpha value is -1.62. The van der Waals surface area contributed by atoms with Crippen molar-refractivity contribution in [1.29, 1.82) is 0 Å². The number of piperazine rings is 1. The van der Waals surface area contributed by atoms with Gasteiger partial charge in [-0.25, -0.2) is 4.79 Å². The Bertz CT molecular complexity index is 361. The summed E-state index contributed by atoms with van der Waals surface area (Å²) in [5.74, 6) is 0. The smallest absolute Gasteiger partial charge is 0.407 e. The van der Waals surface area contributed by atoms with Crippen molar-refractivity contribution in [2.45, 2.75) is 6.42 Å². The molecular weight excluding hydrogens is 218 g/mol. The number of nitrogens with zero attached hydrogens (tertiary/aromatic N) is 3. The third kappa shape index (κ3) is 3.42. The Labute approximate surface area is 101 Å². The van der Waals surface area contributed by atoms with E-state index in [4.69, 9.17) is 5.11 Å². The van der Waals surface area contributed by atoms with Crippen LogP contribution >= 0.6 is 0 Å². The van der Waals surface area contributed by atoms with Crippen molar-refractivity contribution in [2.24, 2.45) is 0 Å². The van der Waals surface area contributed by atoms with Crippen LogP contribution in [-0.2, 0) is 6.42 Å². The fourth-order valence-electron chi connectivity index (χ4n) is 1.98. The summed E-state index contributed by atoms with van der Waals surface area (Å²) in [6.07, 6.45) is 1.92. The second kappa shape index (κ2) is 5.63. The number of pyridine rings is 1. The fraction of sp³-hybridized carbons (Fsp3) is 0.500. The van der Waals surface area contributed by atoms with Crippen LogP contribution in [0.1, 0.15) is 5.69 Å². The van der Waals surface area contributed by atoms with Gasteiger partial charge in [-0.2, -0.15) is 0 Å². The number of amides is 1. The molecule has 0 radical (unpaired) electrons. The monoisotopic (exact) mass is 235 g/mol. The molecule has 2 rings (SSSR count). The molecule has 0 bridgehead atoms. The number of carbonyl (C=O) groups is 1. The second-order valence-corrected chi connectivity index (χ2v) is 4.18. The number of rotatable bonds is 3. The van der Waals surface area contributed by atoms with Crippen LogP contribution in [0, 0.1) is 0 Å². The zero-order valence-corrected chi connectivity index (χ0v) is 9.75. The van der Waals surface area contributed by atoms with Crippen LogP contribution in [0.2, 0.25) is 0 Å². The van der Waals surface area contributed by atoms with Gasteiger partial charge in [-0.3, -0.25) is 9.88 Å². The van der Waals surface area contributed by atoms with Gasteiger partial charge in [0.25, 0.3) is 0 Å². The molecule has 0 aromatic carbocycles. The molecule has 0 unspecified atom stereocenters. The highest BCUT2D eigenvalue weighted by Crippen LogP contribution is 2.04. The van der Waals surface area contributed by atoms with Crippen molar-refractivity contribution in [3.63, 3.8) is 0 Å². The molecule has 1 N–H and O–H groups in total. The van der Waals surface area contributed by atoms with Gasteiger partial charge in [0.1, 0.15) is 0 Å². The molecule has 17 heavy (non-hydrogen) atoms. The SMILES string of the molecule is O=C(O)N1CCN(CCc2ccccn2)CC1. The van der Waals surface area contributed by atoms with Gasteiger partial charge in [0.2, 0.25) is 0 Å². The Morgan fingerprint density at radius 3 is 2.65 bits per heavy atom. The molecule has 1 aromatic heterocycles. The van der Waals surface area contributed by atoms with Crippen LogP contribution in [-0.4, -0.2) is 58.7 Å². The van der Waals surface area contributed by atoms with Crippen LogP contribution in [0.5, 0.6) is 0 Å². The minimum absolute atomic E-state index is 0.609. The molecule has 1 aromatic rings. The standard InChI is InChI=1S/C12H17N3O2/c16-12(17)15-9-7-14(8-10-15)6-4-11-3-1-2-5-13-11/h1-3,5H,4,6-10H2,(H,16,17). The highest BCUT2D eigenvalue weighted by Gasteiger charge is 2.19. The number of aromatic nitrogens is 1. The highest BCUT2D eigenvalue weighted by atomic mass is 16.4. The minimum Gasteiger partial charge on any atom is -0.465 e. The summed E-state index contributed by atoms with van der Waals surface area (Å²) >= 11 is 0. The summed E-state index contributed by atoms with van der Waals surface area (Å²) in [4.78, 5) is 18.8. The lowest BCUT2D eigenvalue weighted by Gasteiger charge is -2.32. The summed E-state index contributed by atoms with van der Waals surface area (Å²) in [6, 6.07) is 5.92. The van der Waals surface area contributed by atoms with E-state index in [-0.39, 0.29) is 0 Å². The lowest BCUT2D eigenvalue weighted by atomic mass is 10.2. The molecule has 1 aliphatic heterocycles.